The summed E-state index contributed by atoms with van der Waals surface area (Å²) in [5.74, 6) is -0.866. The van der Waals surface area contributed by atoms with Gasteiger partial charge in [-0.3, -0.25) is 0 Å². The number of carboxylic acids is 1. The van der Waals surface area contributed by atoms with Gasteiger partial charge in [0.15, 0.2) is 0 Å². The van der Waals surface area contributed by atoms with E-state index in [1.165, 1.54) is 0 Å². The summed E-state index contributed by atoms with van der Waals surface area (Å²) in [7, 11) is 0. The van der Waals surface area contributed by atoms with E-state index in [0.717, 1.165) is 11.8 Å². The van der Waals surface area contributed by atoms with Gasteiger partial charge in [0.1, 0.15) is 0 Å². The molecule has 0 bridgehead atoms. The highest BCUT2D eigenvalue weighted by atomic mass is 32.2. The maximum absolute atomic E-state index is 10.4. The number of hydrogen-bond donors (Lipinski definition) is 2. The van der Waals surface area contributed by atoms with Crippen LogP contribution >= 0.6 is 11.8 Å². The standard InChI is InChI=1S/C6H12O4S/c1-3-10-6(9,5(7)8)11-4-2/h9H,3-4H2,1-2H3,(H,7,8). The van der Waals surface area contributed by atoms with E-state index < -0.39 is 11.1 Å². The zero-order valence-corrected chi connectivity index (χ0v) is 7.35. The van der Waals surface area contributed by atoms with Gasteiger partial charge in [-0.25, -0.2) is 4.79 Å². The Balaban J connectivity index is 4.13. The van der Waals surface area contributed by atoms with Crippen molar-refractivity contribution in [3.8, 4) is 0 Å². The lowest BCUT2D eigenvalue weighted by molar-refractivity contribution is -0.186. The van der Waals surface area contributed by atoms with Crippen molar-refractivity contribution in [1.82, 2.24) is 0 Å². The van der Waals surface area contributed by atoms with E-state index in [9.17, 15) is 9.90 Å². The zero-order valence-electron chi connectivity index (χ0n) is 6.53. The van der Waals surface area contributed by atoms with Crippen LogP contribution in [0.2, 0.25) is 0 Å². The zero-order chi connectivity index (χ0) is 8.91. The molecule has 0 aliphatic rings. The second-order valence-corrected chi connectivity index (χ2v) is 3.17. The van der Waals surface area contributed by atoms with Crippen molar-refractivity contribution in [3.63, 3.8) is 0 Å². The SMILES string of the molecule is CCOC(O)(SCC)C(=O)O. The fourth-order valence-electron chi connectivity index (χ4n) is 0.556. The van der Waals surface area contributed by atoms with Crippen molar-refractivity contribution in [1.29, 1.82) is 0 Å². The maximum atomic E-state index is 10.4. The Morgan fingerprint density at radius 3 is 2.45 bits per heavy atom. The van der Waals surface area contributed by atoms with Gasteiger partial charge in [-0.1, -0.05) is 18.7 Å². The van der Waals surface area contributed by atoms with Crippen LogP contribution in [-0.4, -0.2) is 33.7 Å². The van der Waals surface area contributed by atoms with Crippen LogP contribution in [0.1, 0.15) is 13.8 Å². The van der Waals surface area contributed by atoms with Crippen LogP contribution in [0.5, 0.6) is 0 Å². The van der Waals surface area contributed by atoms with Crippen LogP contribution in [-0.2, 0) is 9.53 Å². The summed E-state index contributed by atoms with van der Waals surface area (Å²) in [4.78, 5) is 10.4. The van der Waals surface area contributed by atoms with E-state index in [2.05, 4.69) is 4.74 Å². The molecule has 1 unspecified atom stereocenters. The van der Waals surface area contributed by atoms with Crippen molar-refractivity contribution < 1.29 is 19.7 Å². The Hall–Kier alpha value is -0.260. The predicted octanol–water partition coefficient (Wildman–Crippen LogP) is 0.507. The first-order valence-electron chi connectivity index (χ1n) is 3.30. The molecule has 1 atom stereocenters. The quantitative estimate of drug-likeness (QED) is 0.603. The normalized spacial score (nSPS) is 15.9. The minimum Gasteiger partial charge on any atom is -0.477 e. The molecule has 0 fully saturated rings. The molecule has 0 aromatic heterocycles. The lowest BCUT2D eigenvalue weighted by Gasteiger charge is -2.20. The van der Waals surface area contributed by atoms with Gasteiger partial charge in [0.05, 0.1) is 0 Å². The van der Waals surface area contributed by atoms with Crippen LogP contribution in [0.15, 0.2) is 0 Å². The summed E-state index contributed by atoms with van der Waals surface area (Å²) in [5.41, 5.74) is 0. The highest BCUT2D eigenvalue weighted by molar-refractivity contribution is 8.00. The van der Waals surface area contributed by atoms with Gasteiger partial charge in [-0.05, 0) is 12.7 Å². The molecule has 0 rings (SSSR count). The van der Waals surface area contributed by atoms with Gasteiger partial charge < -0.3 is 14.9 Å². The Morgan fingerprint density at radius 2 is 2.18 bits per heavy atom. The summed E-state index contributed by atoms with van der Waals surface area (Å²) >= 11 is 0.845. The third-order valence-electron chi connectivity index (χ3n) is 0.950. The van der Waals surface area contributed by atoms with Gasteiger partial charge >= 0.3 is 11.1 Å². The van der Waals surface area contributed by atoms with Crippen molar-refractivity contribution in [2.75, 3.05) is 12.4 Å². The number of ether oxygens (including phenoxy) is 1. The maximum Gasteiger partial charge on any atom is 0.376 e. The molecule has 11 heavy (non-hydrogen) atoms. The number of hydrogen-bond acceptors (Lipinski definition) is 4. The Labute approximate surface area is 69.6 Å². The first-order valence-corrected chi connectivity index (χ1v) is 4.29. The van der Waals surface area contributed by atoms with Gasteiger partial charge in [-0.2, -0.15) is 0 Å². The number of thioether (sulfide) groups is 1. The average molecular weight is 180 g/mol. The molecule has 0 aliphatic heterocycles. The van der Waals surface area contributed by atoms with Gasteiger partial charge in [0, 0.05) is 6.61 Å². The van der Waals surface area contributed by atoms with Crippen LogP contribution in [0.3, 0.4) is 0 Å². The summed E-state index contributed by atoms with van der Waals surface area (Å²) in [6.45, 7) is 3.55. The van der Waals surface area contributed by atoms with Crippen molar-refractivity contribution in [2.24, 2.45) is 0 Å². The smallest absolute Gasteiger partial charge is 0.376 e. The highest BCUT2D eigenvalue weighted by Crippen LogP contribution is 2.23. The Bertz CT molecular complexity index is 131. The fraction of sp³-hybridized carbons (Fsp3) is 0.833. The van der Waals surface area contributed by atoms with Crippen molar-refractivity contribution >= 4 is 17.7 Å². The number of carbonyl (C=O) groups is 1. The molecular formula is C6H12O4S. The summed E-state index contributed by atoms with van der Waals surface area (Å²) in [5, 5.41) is 15.7. The molecule has 4 nitrogen and oxygen atoms in total. The molecule has 5 heteroatoms. The molecular weight excluding hydrogens is 168 g/mol. The first kappa shape index (κ1) is 10.7. The van der Waals surface area contributed by atoms with E-state index in [4.69, 9.17) is 5.11 Å². The van der Waals surface area contributed by atoms with Gasteiger partial charge in [-0.15, -0.1) is 0 Å². The van der Waals surface area contributed by atoms with Crippen molar-refractivity contribution in [2.45, 2.75) is 19.0 Å². The second kappa shape index (κ2) is 4.58. The van der Waals surface area contributed by atoms with E-state index in [0.29, 0.717) is 5.75 Å². The highest BCUT2D eigenvalue weighted by Gasteiger charge is 2.36. The molecule has 66 valence electrons. The molecule has 0 spiro atoms. The monoisotopic (exact) mass is 180 g/mol. The van der Waals surface area contributed by atoms with E-state index >= 15 is 0 Å². The lowest BCUT2D eigenvalue weighted by atomic mass is 10.6. The average Bonchev–Trinajstić information content (AvgIpc) is 1.88. The minimum absolute atomic E-state index is 0.176. The summed E-state index contributed by atoms with van der Waals surface area (Å²) in [6.07, 6.45) is 0. The van der Waals surface area contributed by atoms with E-state index in [1.54, 1.807) is 13.8 Å². The molecule has 0 aliphatic carbocycles. The molecule has 0 aromatic rings. The second-order valence-electron chi connectivity index (χ2n) is 1.75. The van der Waals surface area contributed by atoms with Gasteiger partial charge in [0.2, 0.25) is 0 Å². The minimum atomic E-state index is -2.07. The van der Waals surface area contributed by atoms with Crippen LogP contribution in [0.25, 0.3) is 0 Å². The number of carboxylic acid groups (broad SMARTS) is 1. The molecule has 0 saturated heterocycles. The first-order chi connectivity index (χ1) is 5.06. The number of aliphatic carboxylic acids is 1. The molecule has 0 radical (unpaired) electrons. The van der Waals surface area contributed by atoms with Crippen LogP contribution in [0.4, 0.5) is 0 Å². The Kier molecular flexibility index (Phi) is 4.48. The van der Waals surface area contributed by atoms with E-state index in [-0.39, 0.29) is 6.61 Å². The molecule has 0 aromatic carbocycles. The van der Waals surface area contributed by atoms with Gasteiger partial charge in [0.25, 0.3) is 0 Å². The van der Waals surface area contributed by atoms with Crippen molar-refractivity contribution in [3.05, 3.63) is 0 Å². The Morgan fingerprint density at radius 1 is 1.64 bits per heavy atom. The van der Waals surface area contributed by atoms with Crippen LogP contribution in [0, 0.1) is 0 Å². The molecule has 0 heterocycles. The lowest BCUT2D eigenvalue weighted by Crippen LogP contribution is -2.38. The topological polar surface area (TPSA) is 66.8 Å². The largest absolute Gasteiger partial charge is 0.477 e. The number of aliphatic hydroxyl groups is 1. The molecule has 2 N–H and O–H groups in total. The fourth-order valence-corrected chi connectivity index (χ4v) is 1.27. The molecule has 0 saturated carbocycles. The third-order valence-corrected chi connectivity index (χ3v) is 1.92. The summed E-state index contributed by atoms with van der Waals surface area (Å²) in [6, 6.07) is 0. The van der Waals surface area contributed by atoms with E-state index in [1.807, 2.05) is 0 Å². The van der Waals surface area contributed by atoms with Crippen LogP contribution < -0.4 is 0 Å². The predicted molar refractivity (Wildman–Crippen MR) is 42.3 cm³/mol. The number of rotatable bonds is 5. The third kappa shape index (κ3) is 3.09. The summed E-state index contributed by atoms with van der Waals surface area (Å²) < 4.78 is 4.65. The molecule has 0 amide bonds.